The number of anilines is 1. The first-order valence-corrected chi connectivity index (χ1v) is 9.14. The Kier molecular flexibility index (Phi) is 4.01. The topological polar surface area (TPSA) is 45.2 Å². The van der Waals surface area contributed by atoms with Crippen molar-refractivity contribution < 1.29 is 4.79 Å². The minimum absolute atomic E-state index is 0.0329. The molecule has 3 aromatic rings. The number of carbonyl (C=O) groups excluding carboxylic acids is 1. The summed E-state index contributed by atoms with van der Waals surface area (Å²) in [6, 6.07) is 16.0. The first-order chi connectivity index (χ1) is 12.1. The number of aromatic nitrogens is 1. The smallest absolute Gasteiger partial charge is 0.258 e. The summed E-state index contributed by atoms with van der Waals surface area (Å²) in [5.41, 5.74) is 4.78. The SMILES string of the molecule is Cc1ccc(CN2C(=O)c3ccccc3N[C@H]2c2csc(C)n2)cc1. The van der Waals surface area contributed by atoms with Gasteiger partial charge in [-0.05, 0) is 31.5 Å². The number of fused-ring (bicyclic) bond motifs is 1. The minimum Gasteiger partial charge on any atom is -0.359 e. The number of nitrogens with one attached hydrogen (secondary N) is 1. The van der Waals surface area contributed by atoms with Crippen LogP contribution in [0.3, 0.4) is 0 Å². The highest BCUT2D eigenvalue weighted by molar-refractivity contribution is 7.09. The zero-order valence-corrected chi connectivity index (χ0v) is 15.0. The van der Waals surface area contributed by atoms with E-state index in [1.165, 1.54) is 5.56 Å². The van der Waals surface area contributed by atoms with Crippen LogP contribution in [-0.4, -0.2) is 15.8 Å². The number of nitrogens with zero attached hydrogens (tertiary/aromatic N) is 2. The molecule has 126 valence electrons. The minimum atomic E-state index is -0.256. The molecule has 2 aromatic carbocycles. The average Bonchev–Trinajstić information content (AvgIpc) is 3.05. The summed E-state index contributed by atoms with van der Waals surface area (Å²) >= 11 is 1.60. The van der Waals surface area contributed by atoms with E-state index in [-0.39, 0.29) is 12.1 Å². The normalized spacial score (nSPS) is 16.5. The summed E-state index contributed by atoms with van der Waals surface area (Å²) < 4.78 is 0. The molecule has 0 fully saturated rings. The van der Waals surface area contributed by atoms with Gasteiger partial charge in [0.05, 0.1) is 16.3 Å². The van der Waals surface area contributed by atoms with Gasteiger partial charge >= 0.3 is 0 Å². The van der Waals surface area contributed by atoms with Crippen molar-refractivity contribution in [2.24, 2.45) is 0 Å². The lowest BCUT2D eigenvalue weighted by molar-refractivity contribution is 0.0663. The van der Waals surface area contributed by atoms with E-state index in [0.29, 0.717) is 12.1 Å². The fourth-order valence-electron chi connectivity index (χ4n) is 3.09. The van der Waals surface area contributed by atoms with Crippen LogP contribution in [0.1, 0.15) is 38.4 Å². The summed E-state index contributed by atoms with van der Waals surface area (Å²) in [4.78, 5) is 19.6. The summed E-state index contributed by atoms with van der Waals surface area (Å²) in [7, 11) is 0. The molecule has 25 heavy (non-hydrogen) atoms. The second-order valence-corrected chi connectivity index (χ2v) is 7.36. The maximum absolute atomic E-state index is 13.1. The fraction of sp³-hybridized carbons (Fsp3) is 0.200. The van der Waals surface area contributed by atoms with Gasteiger partial charge in [-0.15, -0.1) is 11.3 Å². The Labute approximate surface area is 151 Å². The molecule has 1 amide bonds. The summed E-state index contributed by atoms with van der Waals surface area (Å²) in [6.45, 7) is 4.59. The van der Waals surface area contributed by atoms with E-state index in [4.69, 9.17) is 0 Å². The van der Waals surface area contributed by atoms with Gasteiger partial charge in [-0.3, -0.25) is 4.79 Å². The van der Waals surface area contributed by atoms with E-state index in [9.17, 15) is 4.79 Å². The molecule has 2 heterocycles. The molecule has 0 aliphatic carbocycles. The van der Waals surface area contributed by atoms with Crippen LogP contribution in [0.25, 0.3) is 0 Å². The van der Waals surface area contributed by atoms with E-state index in [2.05, 4.69) is 41.5 Å². The molecular weight excluding hydrogens is 330 g/mol. The van der Waals surface area contributed by atoms with Crippen LogP contribution < -0.4 is 5.32 Å². The second kappa shape index (κ2) is 6.33. The molecule has 5 heteroatoms. The van der Waals surface area contributed by atoms with Gasteiger partial charge in [-0.25, -0.2) is 4.98 Å². The lowest BCUT2D eigenvalue weighted by Crippen LogP contribution is -2.42. The third-order valence-corrected chi connectivity index (χ3v) is 5.20. The highest BCUT2D eigenvalue weighted by Crippen LogP contribution is 2.34. The number of rotatable bonds is 3. The van der Waals surface area contributed by atoms with Gasteiger partial charge < -0.3 is 10.2 Å². The van der Waals surface area contributed by atoms with Gasteiger partial charge in [0.25, 0.3) is 5.91 Å². The molecule has 0 bridgehead atoms. The van der Waals surface area contributed by atoms with Crippen LogP contribution in [0.15, 0.2) is 53.9 Å². The summed E-state index contributed by atoms with van der Waals surface area (Å²) in [5, 5.41) is 6.51. The predicted molar refractivity (Wildman–Crippen MR) is 101 cm³/mol. The molecule has 1 N–H and O–H groups in total. The van der Waals surface area contributed by atoms with Gasteiger partial charge in [0.2, 0.25) is 0 Å². The van der Waals surface area contributed by atoms with Crippen LogP contribution in [0.5, 0.6) is 0 Å². The van der Waals surface area contributed by atoms with Gasteiger partial charge in [-0.1, -0.05) is 42.0 Å². The standard InChI is InChI=1S/C20H19N3OS/c1-13-7-9-15(10-8-13)11-23-19(18-12-25-14(2)21-18)22-17-6-4-3-5-16(17)20(23)24/h3-10,12,19,22H,11H2,1-2H3/t19-/m1/s1. The lowest BCUT2D eigenvalue weighted by atomic mass is 10.0. The molecule has 0 radical (unpaired) electrons. The Balaban J connectivity index is 1.74. The van der Waals surface area contributed by atoms with Crippen molar-refractivity contribution >= 4 is 22.9 Å². The zero-order valence-electron chi connectivity index (χ0n) is 14.2. The number of benzene rings is 2. The van der Waals surface area contributed by atoms with Gasteiger partial charge in [0.1, 0.15) is 6.17 Å². The summed E-state index contributed by atoms with van der Waals surface area (Å²) in [5.74, 6) is 0.0329. The Morgan fingerprint density at radius 1 is 1.12 bits per heavy atom. The van der Waals surface area contributed by atoms with Crippen LogP contribution >= 0.6 is 11.3 Å². The number of para-hydroxylation sites is 1. The number of carbonyl (C=O) groups is 1. The van der Waals surface area contributed by atoms with Crippen molar-refractivity contribution in [1.82, 2.24) is 9.88 Å². The molecule has 1 aliphatic rings. The Hall–Kier alpha value is -2.66. The molecule has 1 aliphatic heterocycles. The fourth-order valence-corrected chi connectivity index (χ4v) is 3.72. The van der Waals surface area contributed by atoms with Gasteiger partial charge in [0.15, 0.2) is 0 Å². The molecule has 4 nitrogen and oxygen atoms in total. The number of thiazole rings is 1. The molecule has 1 atom stereocenters. The van der Waals surface area contributed by atoms with E-state index in [0.717, 1.165) is 22.0 Å². The van der Waals surface area contributed by atoms with E-state index < -0.39 is 0 Å². The van der Waals surface area contributed by atoms with Crippen molar-refractivity contribution in [1.29, 1.82) is 0 Å². The van der Waals surface area contributed by atoms with Crippen LogP contribution in [0.2, 0.25) is 0 Å². The highest BCUT2D eigenvalue weighted by atomic mass is 32.1. The number of aryl methyl sites for hydroxylation is 2. The van der Waals surface area contributed by atoms with Crippen molar-refractivity contribution in [2.75, 3.05) is 5.32 Å². The maximum atomic E-state index is 13.1. The van der Waals surface area contributed by atoms with Crippen LogP contribution in [-0.2, 0) is 6.54 Å². The Bertz CT molecular complexity index is 917. The van der Waals surface area contributed by atoms with Crippen LogP contribution in [0, 0.1) is 13.8 Å². The maximum Gasteiger partial charge on any atom is 0.258 e. The van der Waals surface area contributed by atoms with E-state index in [1.54, 1.807) is 11.3 Å². The predicted octanol–water partition coefficient (Wildman–Crippen LogP) is 4.53. The van der Waals surface area contributed by atoms with E-state index >= 15 is 0 Å². The van der Waals surface area contributed by atoms with Gasteiger partial charge in [-0.2, -0.15) is 0 Å². The largest absolute Gasteiger partial charge is 0.359 e. The first kappa shape index (κ1) is 15.8. The number of hydrogen-bond donors (Lipinski definition) is 1. The van der Waals surface area contributed by atoms with Gasteiger partial charge in [0, 0.05) is 17.6 Å². The monoisotopic (exact) mass is 349 g/mol. The molecule has 0 unspecified atom stereocenters. The zero-order chi connectivity index (χ0) is 17.4. The molecule has 0 spiro atoms. The molecule has 4 rings (SSSR count). The third kappa shape index (κ3) is 3.03. The van der Waals surface area contributed by atoms with Crippen molar-refractivity contribution in [2.45, 2.75) is 26.6 Å². The first-order valence-electron chi connectivity index (χ1n) is 8.26. The van der Waals surface area contributed by atoms with Crippen molar-refractivity contribution in [3.05, 3.63) is 81.3 Å². The molecule has 0 saturated carbocycles. The molecule has 1 aromatic heterocycles. The quantitative estimate of drug-likeness (QED) is 0.756. The highest BCUT2D eigenvalue weighted by Gasteiger charge is 2.33. The second-order valence-electron chi connectivity index (χ2n) is 6.30. The third-order valence-electron chi connectivity index (χ3n) is 4.41. The lowest BCUT2D eigenvalue weighted by Gasteiger charge is -2.37. The molecule has 0 saturated heterocycles. The van der Waals surface area contributed by atoms with E-state index in [1.807, 2.05) is 41.5 Å². The summed E-state index contributed by atoms with van der Waals surface area (Å²) in [6.07, 6.45) is -0.256. The molecular formula is C20H19N3OS. The average molecular weight is 349 g/mol. The van der Waals surface area contributed by atoms with Crippen molar-refractivity contribution in [3.8, 4) is 0 Å². The number of amides is 1. The Morgan fingerprint density at radius 2 is 1.88 bits per heavy atom. The Morgan fingerprint density at radius 3 is 2.60 bits per heavy atom. The number of hydrogen-bond acceptors (Lipinski definition) is 4. The van der Waals surface area contributed by atoms with Crippen molar-refractivity contribution in [3.63, 3.8) is 0 Å². The van der Waals surface area contributed by atoms with Crippen LogP contribution in [0.4, 0.5) is 5.69 Å².